The molecule has 2 aromatic rings. The Bertz CT molecular complexity index is 1120. The van der Waals surface area contributed by atoms with Gasteiger partial charge < -0.3 is 19.8 Å². The van der Waals surface area contributed by atoms with Crippen molar-refractivity contribution in [2.45, 2.75) is 32.2 Å². The molecule has 180 valence electrons. The van der Waals surface area contributed by atoms with Crippen LogP contribution in [0.1, 0.15) is 43.5 Å². The SMILES string of the molecule is CC(C)(C)c1ccc(C2/C(=C(\O)c3cccc([N+](=O)[O-])c3)C(=O)C(=O)N2CCOCCO)cc1. The molecule has 34 heavy (non-hydrogen) atoms. The Labute approximate surface area is 197 Å². The van der Waals surface area contributed by atoms with E-state index in [1.165, 1.54) is 23.1 Å². The van der Waals surface area contributed by atoms with E-state index in [1.54, 1.807) is 12.1 Å². The zero-order valence-electron chi connectivity index (χ0n) is 19.4. The number of hydrogen-bond donors (Lipinski definition) is 2. The number of Topliss-reactive ketones (excluding diaryl/α,β-unsaturated/α-hetero) is 1. The van der Waals surface area contributed by atoms with Gasteiger partial charge in [0.25, 0.3) is 17.4 Å². The lowest BCUT2D eigenvalue weighted by atomic mass is 9.85. The number of benzene rings is 2. The van der Waals surface area contributed by atoms with Gasteiger partial charge in [-0.2, -0.15) is 0 Å². The van der Waals surface area contributed by atoms with E-state index in [9.17, 15) is 24.8 Å². The average Bonchev–Trinajstić information content (AvgIpc) is 3.06. The molecule has 1 aliphatic heterocycles. The van der Waals surface area contributed by atoms with E-state index < -0.39 is 28.4 Å². The van der Waals surface area contributed by atoms with E-state index in [4.69, 9.17) is 9.84 Å². The molecular weight excluding hydrogens is 440 g/mol. The second kappa shape index (κ2) is 10.1. The highest BCUT2D eigenvalue weighted by molar-refractivity contribution is 6.46. The average molecular weight is 469 g/mol. The van der Waals surface area contributed by atoms with Crippen LogP contribution in [0.25, 0.3) is 5.76 Å². The summed E-state index contributed by atoms with van der Waals surface area (Å²) in [6.07, 6.45) is 0. The summed E-state index contributed by atoms with van der Waals surface area (Å²) < 4.78 is 5.29. The molecule has 1 unspecified atom stereocenters. The first-order valence-corrected chi connectivity index (χ1v) is 10.9. The number of likely N-dealkylation sites (tertiary alicyclic amines) is 1. The number of nitro groups is 1. The standard InChI is InChI=1S/C25H28N2O7/c1-25(2,3)18-9-7-16(8-10-18)21-20(22(29)17-5-4-6-19(15-17)27(32)33)23(30)24(31)26(21)11-13-34-14-12-28/h4-10,15,21,28-29H,11-14H2,1-3H3/b22-20+. The van der Waals surface area contributed by atoms with Gasteiger partial charge in [0.1, 0.15) is 5.76 Å². The Morgan fingerprint density at radius 3 is 2.38 bits per heavy atom. The van der Waals surface area contributed by atoms with Gasteiger partial charge in [0.2, 0.25) is 0 Å². The Hall–Kier alpha value is -3.56. The number of nitrogens with zero attached hydrogens (tertiary/aromatic N) is 2. The first-order chi connectivity index (χ1) is 16.1. The Morgan fingerprint density at radius 2 is 1.79 bits per heavy atom. The molecule has 2 N–H and O–H groups in total. The van der Waals surface area contributed by atoms with Crippen LogP contribution in [0.4, 0.5) is 5.69 Å². The summed E-state index contributed by atoms with van der Waals surface area (Å²) in [7, 11) is 0. The number of hydrogen-bond acceptors (Lipinski definition) is 7. The number of carbonyl (C=O) groups is 2. The fraction of sp³-hybridized carbons (Fsp3) is 0.360. The third-order valence-corrected chi connectivity index (χ3v) is 5.67. The summed E-state index contributed by atoms with van der Waals surface area (Å²) in [5.41, 5.74) is 1.24. The number of non-ortho nitro benzene ring substituents is 1. The van der Waals surface area contributed by atoms with E-state index in [0.717, 1.165) is 11.6 Å². The van der Waals surface area contributed by atoms with Crippen molar-refractivity contribution in [2.24, 2.45) is 0 Å². The number of ketones is 1. The van der Waals surface area contributed by atoms with Gasteiger partial charge in [-0.3, -0.25) is 19.7 Å². The lowest BCUT2D eigenvalue weighted by Crippen LogP contribution is -2.33. The zero-order valence-corrected chi connectivity index (χ0v) is 19.4. The van der Waals surface area contributed by atoms with Gasteiger partial charge in [0.15, 0.2) is 0 Å². The minimum atomic E-state index is -0.897. The molecule has 1 heterocycles. The number of ether oxygens (including phenoxy) is 1. The van der Waals surface area contributed by atoms with Crippen LogP contribution < -0.4 is 0 Å². The summed E-state index contributed by atoms with van der Waals surface area (Å²) in [6.45, 7) is 6.24. The molecule has 0 radical (unpaired) electrons. The summed E-state index contributed by atoms with van der Waals surface area (Å²) in [5, 5.41) is 31.2. The number of amides is 1. The van der Waals surface area contributed by atoms with Crippen LogP contribution in [0.15, 0.2) is 54.1 Å². The smallest absolute Gasteiger partial charge is 0.295 e. The maximum absolute atomic E-state index is 13.0. The number of rotatable bonds is 8. The zero-order chi connectivity index (χ0) is 25.0. The number of aliphatic hydroxyl groups is 2. The van der Waals surface area contributed by atoms with E-state index >= 15 is 0 Å². The number of nitro benzene ring substituents is 1. The monoisotopic (exact) mass is 468 g/mol. The highest BCUT2D eigenvalue weighted by atomic mass is 16.6. The van der Waals surface area contributed by atoms with Gasteiger partial charge in [-0.1, -0.05) is 57.2 Å². The maximum atomic E-state index is 13.0. The van der Waals surface area contributed by atoms with Crippen molar-refractivity contribution in [1.29, 1.82) is 0 Å². The molecule has 1 saturated heterocycles. The third kappa shape index (κ3) is 5.16. The molecule has 0 spiro atoms. The van der Waals surface area contributed by atoms with Crippen LogP contribution in [0.2, 0.25) is 0 Å². The normalized spacial score (nSPS) is 17.9. The molecular formula is C25H28N2O7. The lowest BCUT2D eigenvalue weighted by Gasteiger charge is -2.26. The van der Waals surface area contributed by atoms with Crippen LogP contribution in [0.3, 0.4) is 0 Å². The van der Waals surface area contributed by atoms with E-state index in [0.29, 0.717) is 5.56 Å². The van der Waals surface area contributed by atoms with Crippen LogP contribution in [0, 0.1) is 10.1 Å². The molecule has 0 bridgehead atoms. The minimum Gasteiger partial charge on any atom is -0.507 e. The van der Waals surface area contributed by atoms with Crippen molar-refractivity contribution in [3.8, 4) is 0 Å². The minimum absolute atomic E-state index is 0.0575. The summed E-state index contributed by atoms with van der Waals surface area (Å²) in [4.78, 5) is 37.8. The highest BCUT2D eigenvalue weighted by Gasteiger charge is 2.46. The molecule has 1 aliphatic rings. The van der Waals surface area contributed by atoms with Crippen molar-refractivity contribution >= 4 is 23.1 Å². The van der Waals surface area contributed by atoms with Crippen LogP contribution in [-0.4, -0.2) is 58.1 Å². The van der Waals surface area contributed by atoms with E-state index in [1.807, 2.05) is 12.1 Å². The van der Waals surface area contributed by atoms with Gasteiger partial charge in [-0.25, -0.2) is 0 Å². The predicted octanol–water partition coefficient (Wildman–Crippen LogP) is 3.32. The Balaban J connectivity index is 2.11. The summed E-state index contributed by atoms with van der Waals surface area (Å²) in [5.74, 6) is -2.16. The maximum Gasteiger partial charge on any atom is 0.295 e. The molecule has 9 heteroatoms. The second-order valence-electron chi connectivity index (χ2n) is 9.01. The van der Waals surface area contributed by atoms with Crippen molar-refractivity contribution < 1.29 is 29.5 Å². The van der Waals surface area contributed by atoms with Crippen LogP contribution in [0.5, 0.6) is 0 Å². The van der Waals surface area contributed by atoms with Crippen molar-refractivity contribution in [2.75, 3.05) is 26.4 Å². The summed E-state index contributed by atoms with van der Waals surface area (Å²) >= 11 is 0. The largest absolute Gasteiger partial charge is 0.507 e. The number of aliphatic hydroxyl groups excluding tert-OH is 2. The highest BCUT2D eigenvalue weighted by Crippen LogP contribution is 2.40. The molecule has 1 fully saturated rings. The third-order valence-electron chi connectivity index (χ3n) is 5.67. The van der Waals surface area contributed by atoms with Crippen molar-refractivity contribution in [3.63, 3.8) is 0 Å². The molecule has 9 nitrogen and oxygen atoms in total. The summed E-state index contributed by atoms with van der Waals surface area (Å²) in [6, 6.07) is 11.8. The van der Waals surface area contributed by atoms with Crippen LogP contribution >= 0.6 is 0 Å². The van der Waals surface area contributed by atoms with E-state index in [-0.39, 0.29) is 48.6 Å². The first kappa shape index (κ1) is 25.1. The second-order valence-corrected chi connectivity index (χ2v) is 9.01. The number of carbonyl (C=O) groups excluding carboxylic acids is 2. The molecule has 2 aromatic carbocycles. The quantitative estimate of drug-likeness (QED) is 0.152. The van der Waals surface area contributed by atoms with Crippen molar-refractivity contribution in [1.82, 2.24) is 4.90 Å². The molecule has 0 saturated carbocycles. The van der Waals surface area contributed by atoms with Crippen molar-refractivity contribution in [3.05, 3.63) is 80.9 Å². The fourth-order valence-corrected chi connectivity index (χ4v) is 3.87. The fourth-order valence-electron chi connectivity index (χ4n) is 3.87. The Morgan fingerprint density at radius 1 is 1.12 bits per heavy atom. The molecule has 0 aromatic heterocycles. The van der Waals surface area contributed by atoms with Gasteiger partial charge >= 0.3 is 0 Å². The molecule has 3 rings (SSSR count). The first-order valence-electron chi connectivity index (χ1n) is 10.9. The predicted molar refractivity (Wildman–Crippen MR) is 125 cm³/mol. The van der Waals surface area contributed by atoms with Gasteiger partial charge in [-0.15, -0.1) is 0 Å². The van der Waals surface area contributed by atoms with E-state index in [2.05, 4.69) is 20.8 Å². The van der Waals surface area contributed by atoms with Crippen LogP contribution in [-0.2, 0) is 19.7 Å². The lowest BCUT2D eigenvalue weighted by molar-refractivity contribution is -0.384. The molecule has 0 aliphatic carbocycles. The Kier molecular flexibility index (Phi) is 7.48. The molecule has 1 atom stereocenters. The van der Waals surface area contributed by atoms with Gasteiger partial charge in [0.05, 0.1) is 36.4 Å². The van der Waals surface area contributed by atoms with Gasteiger partial charge in [0, 0.05) is 24.2 Å². The molecule has 1 amide bonds. The topological polar surface area (TPSA) is 130 Å². The van der Waals surface area contributed by atoms with Gasteiger partial charge in [-0.05, 0) is 16.5 Å².